The fraction of sp³-hybridized carbons (Fsp3) is 0.923. The molecule has 1 amide bonds. The molecular weight excluding hydrogens is 216 g/mol. The van der Waals surface area contributed by atoms with Crippen molar-refractivity contribution in [2.45, 2.75) is 63.1 Å². The number of carbonyl (C=O) groups is 1. The van der Waals surface area contributed by atoms with Crippen LogP contribution < -0.4 is 5.73 Å². The maximum Gasteiger partial charge on any atom is 0.251 e. The molecule has 1 heterocycles. The number of hydrogen-bond donors (Lipinski definition) is 1. The largest absolute Gasteiger partial charge is 0.368 e. The van der Waals surface area contributed by atoms with Crippen molar-refractivity contribution in [1.29, 1.82) is 0 Å². The summed E-state index contributed by atoms with van der Waals surface area (Å²) < 4.78 is 5.56. The summed E-state index contributed by atoms with van der Waals surface area (Å²) in [6, 6.07) is 0.702. The van der Waals surface area contributed by atoms with Crippen molar-refractivity contribution in [3.8, 4) is 0 Å². The Hall–Kier alpha value is -0.610. The van der Waals surface area contributed by atoms with Gasteiger partial charge in [-0.15, -0.1) is 0 Å². The smallest absolute Gasteiger partial charge is 0.251 e. The molecule has 4 heteroatoms. The minimum Gasteiger partial charge on any atom is -0.368 e. The highest BCUT2D eigenvalue weighted by molar-refractivity contribution is 5.81. The molecule has 1 atom stereocenters. The number of ether oxygens (including phenoxy) is 1. The molecule has 1 aliphatic heterocycles. The van der Waals surface area contributed by atoms with E-state index >= 15 is 0 Å². The Balaban J connectivity index is 1.85. The third kappa shape index (κ3) is 3.19. The van der Waals surface area contributed by atoms with E-state index in [-0.39, 0.29) is 12.0 Å². The standard InChI is InChI=1S/C13H24N2O2/c1-15(11-7-5-10(14)6-8-11)13(16)12-4-2-3-9-17-12/h10-12H,2-9,14H2,1H3. The summed E-state index contributed by atoms with van der Waals surface area (Å²) in [7, 11) is 1.92. The molecule has 2 rings (SSSR count). The molecule has 98 valence electrons. The van der Waals surface area contributed by atoms with Crippen molar-refractivity contribution in [3.63, 3.8) is 0 Å². The van der Waals surface area contributed by atoms with E-state index in [1.54, 1.807) is 0 Å². The third-order valence-electron chi connectivity index (χ3n) is 4.09. The number of likely N-dealkylation sites (N-methyl/N-ethyl adjacent to an activating group) is 1. The van der Waals surface area contributed by atoms with Gasteiger partial charge in [-0.05, 0) is 44.9 Å². The molecule has 0 aromatic heterocycles. The van der Waals surface area contributed by atoms with Gasteiger partial charge < -0.3 is 15.4 Å². The first-order valence-corrected chi connectivity index (χ1v) is 6.82. The molecule has 1 unspecified atom stereocenters. The van der Waals surface area contributed by atoms with E-state index in [9.17, 15) is 4.79 Å². The summed E-state index contributed by atoms with van der Waals surface area (Å²) in [6.45, 7) is 0.736. The Morgan fingerprint density at radius 1 is 1.18 bits per heavy atom. The van der Waals surface area contributed by atoms with Gasteiger partial charge in [-0.25, -0.2) is 0 Å². The van der Waals surface area contributed by atoms with Crippen LogP contribution in [0.15, 0.2) is 0 Å². The van der Waals surface area contributed by atoms with Crippen molar-refractivity contribution in [2.75, 3.05) is 13.7 Å². The lowest BCUT2D eigenvalue weighted by atomic mass is 9.90. The summed E-state index contributed by atoms with van der Waals surface area (Å²) >= 11 is 0. The molecule has 2 N–H and O–H groups in total. The molecule has 0 aromatic carbocycles. The lowest BCUT2D eigenvalue weighted by Crippen LogP contribution is -2.47. The van der Waals surface area contributed by atoms with Gasteiger partial charge in [0, 0.05) is 25.7 Å². The zero-order valence-electron chi connectivity index (χ0n) is 10.7. The molecule has 1 saturated carbocycles. The Bertz CT molecular complexity index is 256. The van der Waals surface area contributed by atoms with Crippen LogP contribution in [0, 0.1) is 0 Å². The Labute approximate surface area is 103 Å². The monoisotopic (exact) mass is 240 g/mol. The number of carbonyl (C=O) groups excluding carboxylic acids is 1. The predicted octanol–water partition coefficient (Wildman–Crippen LogP) is 1.28. The molecule has 1 aliphatic carbocycles. The van der Waals surface area contributed by atoms with E-state index in [1.807, 2.05) is 11.9 Å². The average Bonchev–Trinajstić information content (AvgIpc) is 2.39. The molecule has 1 saturated heterocycles. The molecule has 2 aliphatic rings. The van der Waals surface area contributed by atoms with Gasteiger partial charge in [0.2, 0.25) is 0 Å². The zero-order valence-corrected chi connectivity index (χ0v) is 10.7. The van der Waals surface area contributed by atoms with Gasteiger partial charge in [0.05, 0.1) is 0 Å². The first kappa shape index (κ1) is 12.8. The number of nitrogens with zero attached hydrogens (tertiary/aromatic N) is 1. The van der Waals surface area contributed by atoms with Crippen molar-refractivity contribution in [1.82, 2.24) is 4.90 Å². The predicted molar refractivity (Wildman–Crippen MR) is 66.6 cm³/mol. The number of hydrogen-bond acceptors (Lipinski definition) is 3. The number of amides is 1. The van der Waals surface area contributed by atoms with Crippen LogP contribution in [0.1, 0.15) is 44.9 Å². The van der Waals surface area contributed by atoms with Gasteiger partial charge in [-0.1, -0.05) is 0 Å². The van der Waals surface area contributed by atoms with Crippen molar-refractivity contribution in [3.05, 3.63) is 0 Å². The summed E-state index contributed by atoms with van der Waals surface area (Å²) in [6.07, 6.45) is 7.04. The normalized spacial score (nSPS) is 34.4. The molecular formula is C13H24N2O2. The first-order chi connectivity index (χ1) is 8.18. The van der Waals surface area contributed by atoms with Gasteiger partial charge in [0.1, 0.15) is 6.10 Å². The highest BCUT2D eigenvalue weighted by atomic mass is 16.5. The van der Waals surface area contributed by atoms with Crippen LogP contribution in [0.5, 0.6) is 0 Å². The Kier molecular flexibility index (Phi) is 4.40. The number of rotatable bonds is 2. The molecule has 0 radical (unpaired) electrons. The van der Waals surface area contributed by atoms with E-state index in [0.717, 1.165) is 51.6 Å². The fourth-order valence-corrected chi connectivity index (χ4v) is 2.83. The summed E-state index contributed by atoms with van der Waals surface area (Å²) in [5.41, 5.74) is 5.89. The van der Waals surface area contributed by atoms with Gasteiger partial charge in [-0.3, -0.25) is 4.79 Å². The minimum atomic E-state index is -0.190. The SMILES string of the molecule is CN(C(=O)C1CCCCO1)C1CCC(N)CC1. The highest BCUT2D eigenvalue weighted by Gasteiger charge is 2.30. The van der Waals surface area contributed by atoms with E-state index in [1.165, 1.54) is 0 Å². The third-order valence-corrected chi connectivity index (χ3v) is 4.09. The zero-order chi connectivity index (χ0) is 12.3. The topological polar surface area (TPSA) is 55.6 Å². The van der Waals surface area contributed by atoms with Crippen LogP contribution in [0.25, 0.3) is 0 Å². The molecule has 17 heavy (non-hydrogen) atoms. The Morgan fingerprint density at radius 3 is 2.47 bits per heavy atom. The summed E-state index contributed by atoms with van der Waals surface area (Å²) in [4.78, 5) is 14.2. The maximum atomic E-state index is 12.2. The van der Waals surface area contributed by atoms with Crippen LogP contribution in [-0.4, -0.2) is 42.6 Å². The van der Waals surface area contributed by atoms with Gasteiger partial charge in [-0.2, -0.15) is 0 Å². The molecule has 4 nitrogen and oxygen atoms in total. The second-order valence-electron chi connectivity index (χ2n) is 5.37. The first-order valence-electron chi connectivity index (χ1n) is 6.82. The van der Waals surface area contributed by atoms with E-state index in [2.05, 4.69) is 0 Å². The van der Waals surface area contributed by atoms with E-state index in [4.69, 9.17) is 10.5 Å². The average molecular weight is 240 g/mol. The molecule has 0 spiro atoms. The van der Waals surface area contributed by atoms with Crippen LogP contribution in [0.2, 0.25) is 0 Å². The van der Waals surface area contributed by atoms with Crippen LogP contribution in [-0.2, 0) is 9.53 Å². The van der Waals surface area contributed by atoms with Crippen LogP contribution >= 0.6 is 0 Å². The van der Waals surface area contributed by atoms with E-state index in [0.29, 0.717) is 12.1 Å². The van der Waals surface area contributed by atoms with Crippen molar-refractivity contribution < 1.29 is 9.53 Å². The summed E-state index contributed by atoms with van der Waals surface area (Å²) in [5, 5.41) is 0. The molecule has 2 fully saturated rings. The maximum absolute atomic E-state index is 12.2. The quantitative estimate of drug-likeness (QED) is 0.791. The lowest BCUT2D eigenvalue weighted by molar-refractivity contribution is -0.147. The van der Waals surface area contributed by atoms with Gasteiger partial charge in [0.25, 0.3) is 5.91 Å². The lowest BCUT2D eigenvalue weighted by Gasteiger charge is -2.36. The second kappa shape index (κ2) is 5.83. The summed E-state index contributed by atoms with van der Waals surface area (Å²) in [5.74, 6) is 0.171. The molecule has 0 bridgehead atoms. The van der Waals surface area contributed by atoms with Crippen molar-refractivity contribution >= 4 is 5.91 Å². The van der Waals surface area contributed by atoms with Crippen molar-refractivity contribution in [2.24, 2.45) is 5.73 Å². The van der Waals surface area contributed by atoms with Crippen LogP contribution in [0.3, 0.4) is 0 Å². The fourth-order valence-electron chi connectivity index (χ4n) is 2.83. The minimum absolute atomic E-state index is 0.171. The highest BCUT2D eigenvalue weighted by Crippen LogP contribution is 2.23. The Morgan fingerprint density at radius 2 is 1.88 bits per heavy atom. The second-order valence-corrected chi connectivity index (χ2v) is 5.37. The van der Waals surface area contributed by atoms with Gasteiger partial charge >= 0.3 is 0 Å². The van der Waals surface area contributed by atoms with Crippen LogP contribution in [0.4, 0.5) is 0 Å². The molecule has 0 aromatic rings. The number of nitrogens with two attached hydrogens (primary N) is 1. The van der Waals surface area contributed by atoms with Gasteiger partial charge in [0.15, 0.2) is 0 Å². The van der Waals surface area contributed by atoms with E-state index < -0.39 is 0 Å².